The van der Waals surface area contributed by atoms with Crippen molar-refractivity contribution in [1.29, 1.82) is 0 Å². The van der Waals surface area contributed by atoms with E-state index in [-0.39, 0.29) is 19.6 Å². The van der Waals surface area contributed by atoms with Crippen LogP contribution in [0.5, 0.6) is 0 Å². The van der Waals surface area contributed by atoms with Crippen LogP contribution in [0.2, 0.25) is 0 Å². The van der Waals surface area contributed by atoms with Crippen LogP contribution in [0.15, 0.2) is 36.5 Å². The van der Waals surface area contributed by atoms with Gasteiger partial charge in [-0.05, 0) is 51.4 Å². The Balaban J connectivity index is 2.24. The Morgan fingerprint density at radius 1 is 0.745 bits per heavy atom. The van der Waals surface area contributed by atoms with E-state index in [1.165, 1.54) is 64.2 Å². The van der Waals surface area contributed by atoms with Gasteiger partial charge in [0.25, 0.3) is 0 Å². The zero-order chi connectivity index (χ0) is 37.6. The van der Waals surface area contributed by atoms with Crippen LogP contribution < -0.4 is 0 Å². The van der Waals surface area contributed by atoms with Gasteiger partial charge in [0.15, 0.2) is 6.29 Å². The smallest absolute Gasteiger partial charge is 0.397 e. The molecular formula is C38H68O12S. The van der Waals surface area contributed by atoms with Gasteiger partial charge in [-0.2, -0.15) is 8.42 Å². The second-order valence-electron chi connectivity index (χ2n) is 13.2. The van der Waals surface area contributed by atoms with Crippen molar-refractivity contribution < 1.29 is 56.2 Å². The molecule has 1 aliphatic rings. The van der Waals surface area contributed by atoms with Gasteiger partial charge in [0.05, 0.1) is 19.8 Å². The molecule has 4 N–H and O–H groups in total. The van der Waals surface area contributed by atoms with Gasteiger partial charge >= 0.3 is 16.4 Å². The van der Waals surface area contributed by atoms with Crippen LogP contribution in [0.4, 0.5) is 0 Å². The maximum absolute atomic E-state index is 12.3. The summed E-state index contributed by atoms with van der Waals surface area (Å²) >= 11 is 0. The van der Waals surface area contributed by atoms with Gasteiger partial charge in [-0.1, -0.05) is 115 Å². The number of unbranched alkanes of at least 4 members (excludes halogenated alkanes) is 13. The number of hydrogen-bond donors (Lipinski definition) is 4. The van der Waals surface area contributed by atoms with Crippen LogP contribution in [-0.4, -0.2) is 97.5 Å². The molecule has 6 atom stereocenters. The molecule has 1 heterocycles. The molecule has 1 saturated heterocycles. The predicted molar refractivity (Wildman–Crippen MR) is 197 cm³/mol. The van der Waals surface area contributed by atoms with Gasteiger partial charge < -0.3 is 34.3 Å². The minimum absolute atomic E-state index is 0.0251. The monoisotopic (exact) mass is 748 g/mol. The van der Waals surface area contributed by atoms with Gasteiger partial charge in [-0.3, -0.25) is 9.35 Å². The van der Waals surface area contributed by atoms with Crippen LogP contribution in [0.1, 0.15) is 136 Å². The van der Waals surface area contributed by atoms with Crippen molar-refractivity contribution in [1.82, 2.24) is 0 Å². The molecule has 0 amide bonds. The average Bonchev–Trinajstić information content (AvgIpc) is 3.10. The summed E-state index contributed by atoms with van der Waals surface area (Å²) in [5.74, 6) is -0.440. The van der Waals surface area contributed by atoms with E-state index in [0.29, 0.717) is 13.0 Å². The number of hydrogen-bond acceptors (Lipinski definition) is 11. The summed E-state index contributed by atoms with van der Waals surface area (Å²) in [5, 5.41) is 30.3. The van der Waals surface area contributed by atoms with Crippen molar-refractivity contribution in [3.63, 3.8) is 0 Å². The number of aliphatic hydroxyl groups is 3. The molecule has 1 aliphatic heterocycles. The van der Waals surface area contributed by atoms with Crippen LogP contribution >= 0.6 is 0 Å². The van der Waals surface area contributed by atoms with Crippen molar-refractivity contribution in [3.05, 3.63) is 36.5 Å². The summed E-state index contributed by atoms with van der Waals surface area (Å²) in [4.78, 5) is 12.3. The first-order chi connectivity index (χ1) is 24.6. The number of allylic oxidation sites excluding steroid dienone is 6. The molecule has 51 heavy (non-hydrogen) atoms. The highest BCUT2D eigenvalue weighted by Gasteiger charge is 2.48. The molecule has 0 aromatic carbocycles. The van der Waals surface area contributed by atoms with Crippen LogP contribution in [-0.2, 0) is 38.3 Å². The second-order valence-corrected chi connectivity index (χ2v) is 14.2. The highest BCUT2D eigenvalue weighted by molar-refractivity contribution is 7.80. The topological polar surface area (TPSA) is 178 Å². The lowest BCUT2D eigenvalue weighted by Gasteiger charge is -2.41. The molecule has 6 unspecified atom stereocenters. The van der Waals surface area contributed by atoms with Crippen molar-refractivity contribution in [2.24, 2.45) is 0 Å². The van der Waals surface area contributed by atoms with Crippen LogP contribution in [0.25, 0.3) is 0 Å². The van der Waals surface area contributed by atoms with E-state index in [4.69, 9.17) is 23.5 Å². The third-order valence-corrected chi connectivity index (χ3v) is 8.98. The predicted octanol–water partition coefficient (Wildman–Crippen LogP) is 6.68. The molecule has 1 fully saturated rings. The summed E-state index contributed by atoms with van der Waals surface area (Å²) < 4.78 is 58.1. The van der Waals surface area contributed by atoms with Crippen molar-refractivity contribution in [2.45, 2.75) is 173 Å². The summed E-state index contributed by atoms with van der Waals surface area (Å²) in [6, 6.07) is 0. The fourth-order valence-corrected chi connectivity index (χ4v) is 6.05. The molecule has 0 aromatic rings. The zero-order valence-corrected chi connectivity index (χ0v) is 32.0. The highest BCUT2D eigenvalue weighted by atomic mass is 32.3. The minimum Gasteiger partial charge on any atom is -0.457 e. The molecule has 12 nitrogen and oxygen atoms in total. The lowest BCUT2D eigenvalue weighted by atomic mass is 9.99. The third kappa shape index (κ3) is 25.1. The maximum atomic E-state index is 12.3. The number of carbonyl (C=O) groups excluding carboxylic acids is 1. The first-order valence-electron chi connectivity index (χ1n) is 19.2. The van der Waals surface area contributed by atoms with Crippen molar-refractivity contribution >= 4 is 16.4 Å². The fourth-order valence-electron chi connectivity index (χ4n) is 5.54. The number of aliphatic hydroxyl groups excluding tert-OH is 3. The Morgan fingerprint density at radius 2 is 1.29 bits per heavy atom. The van der Waals surface area contributed by atoms with Gasteiger partial charge in [0.1, 0.15) is 30.5 Å². The van der Waals surface area contributed by atoms with Crippen LogP contribution in [0, 0.1) is 0 Å². The molecule has 0 radical (unpaired) electrons. The minimum atomic E-state index is -5.05. The normalized spacial score (nSPS) is 22.0. The number of esters is 1. The molecular weight excluding hydrogens is 680 g/mol. The number of ether oxygens (including phenoxy) is 4. The van der Waals surface area contributed by atoms with E-state index in [0.717, 1.165) is 44.9 Å². The summed E-state index contributed by atoms with van der Waals surface area (Å²) in [6.07, 6.45) is 24.7. The van der Waals surface area contributed by atoms with E-state index in [1.54, 1.807) is 0 Å². The Kier molecular flexibility index (Phi) is 28.5. The molecule has 0 saturated carbocycles. The second kappa shape index (κ2) is 30.7. The van der Waals surface area contributed by atoms with Gasteiger partial charge in [0.2, 0.25) is 0 Å². The van der Waals surface area contributed by atoms with E-state index < -0.39 is 59.8 Å². The summed E-state index contributed by atoms with van der Waals surface area (Å²) in [6.45, 7) is 3.66. The third-order valence-electron chi connectivity index (χ3n) is 8.52. The lowest BCUT2D eigenvalue weighted by Crippen LogP contribution is -2.60. The first kappa shape index (κ1) is 47.3. The van der Waals surface area contributed by atoms with Crippen molar-refractivity contribution in [3.8, 4) is 0 Å². The molecule has 1 rings (SSSR count). The summed E-state index contributed by atoms with van der Waals surface area (Å²) in [7, 11) is -5.05. The standard InChI is InChI=1S/C38H68O12S/c1-3-5-7-8-9-10-11-12-13-14-15-16-17-18-19-20-21-22-23-24-25-26-28-46-30-32(48-34(40)27-6-4-2)31-47-38-36(42)37(50-51(43,44)45)35(41)33(29-39)49-38/h11-12,14-15,17-18,32-33,35-39,41-42H,3-10,13,16,19-31H2,1-2H3,(H,43,44,45)/b12-11-,15-14-,18-17-. The SMILES string of the molecule is CCCCCCC/C=C\C/C=C\C/C=C\CCCCCCCCCOCC(COC1OC(CO)C(O)C(OS(=O)(=O)O)C1O)OC(=O)CCCC. The molecule has 0 aliphatic carbocycles. The van der Waals surface area contributed by atoms with Crippen LogP contribution in [0.3, 0.4) is 0 Å². The Morgan fingerprint density at radius 3 is 1.86 bits per heavy atom. The quantitative estimate of drug-likeness (QED) is 0.0249. The highest BCUT2D eigenvalue weighted by Crippen LogP contribution is 2.26. The molecule has 0 spiro atoms. The maximum Gasteiger partial charge on any atom is 0.397 e. The Hall–Kier alpha value is -1.68. The van der Waals surface area contributed by atoms with E-state index in [1.807, 2.05) is 6.92 Å². The molecule has 13 heteroatoms. The number of rotatable bonds is 32. The van der Waals surface area contributed by atoms with Gasteiger partial charge in [-0.15, -0.1) is 0 Å². The van der Waals surface area contributed by atoms with Crippen molar-refractivity contribution in [2.75, 3.05) is 26.4 Å². The molecule has 0 aromatic heterocycles. The molecule has 298 valence electrons. The Bertz CT molecular complexity index is 1050. The van der Waals surface area contributed by atoms with E-state index in [2.05, 4.69) is 47.6 Å². The fraction of sp³-hybridized carbons (Fsp3) is 0.816. The van der Waals surface area contributed by atoms with Gasteiger partial charge in [0, 0.05) is 13.0 Å². The zero-order valence-electron chi connectivity index (χ0n) is 31.2. The summed E-state index contributed by atoms with van der Waals surface area (Å²) in [5.41, 5.74) is 0. The number of carbonyl (C=O) groups is 1. The average molecular weight is 749 g/mol. The molecule has 0 bridgehead atoms. The van der Waals surface area contributed by atoms with E-state index in [9.17, 15) is 28.5 Å². The lowest BCUT2D eigenvalue weighted by molar-refractivity contribution is -0.301. The largest absolute Gasteiger partial charge is 0.457 e. The van der Waals surface area contributed by atoms with Gasteiger partial charge in [-0.25, -0.2) is 4.18 Å². The Labute approximate surface area is 307 Å². The van der Waals surface area contributed by atoms with E-state index >= 15 is 0 Å². The first-order valence-corrected chi connectivity index (χ1v) is 20.6.